The summed E-state index contributed by atoms with van der Waals surface area (Å²) in [5, 5.41) is 11.5. The quantitative estimate of drug-likeness (QED) is 0.816. The third-order valence-electron chi connectivity index (χ3n) is 2.85. The van der Waals surface area contributed by atoms with Crippen molar-refractivity contribution in [1.29, 1.82) is 0 Å². The number of hydrogen-bond donors (Lipinski definition) is 2. The van der Waals surface area contributed by atoms with Crippen molar-refractivity contribution in [3.8, 4) is 11.8 Å². The summed E-state index contributed by atoms with van der Waals surface area (Å²) in [5.74, 6) is 5.48. The van der Waals surface area contributed by atoms with E-state index < -0.39 is 0 Å². The molecule has 2 N–H and O–H groups in total. The van der Waals surface area contributed by atoms with Gasteiger partial charge in [-0.1, -0.05) is 11.8 Å². The smallest absolute Gasteiger partial charge is 0.222 e. The SMILES string of the molecule is O=C(CC1CCCO1)NCc1ccc(C#CCO)s1. The molecule has 0 bridgehead atoms. The van der Waals surface area contributed by atoms with Gasteiger partial charge in [0.05, 0.1) is 23.9 Å². The minimum atomic E-state index is -0.134. The first-order chi connectivity index (χ1) is 9.28. The third-order valence-corrected chi connectivity index (χ3v) is 3.85. The van der Waals surface area contributed by atoms with Crippen LogP contribution in [0.2, 0.25) is 0 Å². The van der Waals surface area contributed by atoms with Crippen molar-refractivity contribution in [2.75, 3.05) is 13.2 Å². The highest BCUT2D eigenvalue weighted by Crippen LogP contribution is 2.17. The zero-order chi connectivity index (χ0) is 13.5. The van der Waals surface area contributed by atoms with Crippen molar-refractivity contribution in [3.63, 3.8) is 0 Å². The van der Waals surface area contributed by atoms with Gasteiger partial charge < -0.3 is 15.2 Å². The van der Waals surface area contributed by atoms with E-state index in [0.717, 1.165) is 29.2 Å². The topological polar surface area (TPSA) is 58.6 Å². The average Bonchev–Trinajstić information content (AvgIpc) is 3.05. The number of carbonyl (C=O) groups excluding carboxylic acids is 1. The first kappa shape index (κ1) is 14.1. The maximum absolute atomic E-state index is 11.7. The fourth-order valence-corrected chi connectivity index (χ4v) is 2.76. The molecule has 4 nitrogen and oxygen atoms in total. The monoisotopic (exact) mass is 279 g/mol. The number of nitrogens with one attached hydrogen (secondary N) is 1. The van der Waals surface area contributed by atoms with Crippen molar-refractivity contribution in [1.82, 2.24) is 5.32 Å². The summed E-state index contributed by atoms with van der Waals surface area (Å²) in [7, 11) is 0. The number of hydrogen-bond acceptors (Lipinski definition) is 4. The van der Waals surface area contributed by atoms with Crippen LogP contribution in [0.5, 0.6) is 0 Å². The van der Waals surface area contributed by atoms with Gasteiger partial charge in [-0.15, -0.1) is 11.3 Å². The van der Waals surface area contributed by atoms with Gasteiger partial charge in [0.2, 0.25) is 5.91 Å². The predicted octanol–water partition coefficient (Wildman–Crippen LogP) is 1.28. The molecule has 0 aromatic carbocycles. The largest absolute Gasteiger partial charge is 0.384 e. The zero-order valence-electron chi connectivity index (χ0n) is 10.6. The van der Waals surface area contributed by atoms with Crippen LogP contribution in [0.15, 0.2) is 12.1 Å². The average molecular weight is 279 g/mol. The molecule has 0 aliphatic carbocycles. The van der Waals surface area contributed by atoms with Crippen LogP contribution in [-0.4, -0.2) is 30.3 Å². The second-order valence-electron chi connectivity index (χ2n) is 4.34. The van der Waals surface area contributed by atoms with Crippen molar-refractivity contribution in [3.05, 3.63) is 21.9 Å². The Morgan fingerprint density at radius 3 is 3.21 bits per heavy atom. The molecule has 5 heteroatoms. The van der Waals surface area contributed by atoms with Crippen molar-refractivity contribution in [2.45, 2.75) is 31.9 Å². The molecular weight excluding hydrogens is 262 g/mol. The number of amides is 1. The Morgan fingerprint density at radius 2 is 2.47 bits per heavy atom. The molecule has 0 radical (unpaired) electrons. The zero-order valence-corrected chi connectivity index (χ0v) is 11.5. The van der Waals surface area contributed by atoms with Gasteiger partial charge in [-0.3, -0.25) is 4.79 Å². The Hall–Kier alpha value is -1.35. The molecule has 1 aliphatic rings. The maximum atomic E-state index is 11.7. The molecule has 2 heterocycles. The van der Waals surface area contributed by atoms with Crippen LogP contribution in [0.1, 0.15) is 29.0 Å². The molecule has 0 saturated carbocycles. The number of ether oxygens (including phenoxy) is 1. The summed E-state index contributed by atoms with van der Waals surface area (Å²) in [6, 6.07) is 3.84. The first-order valence-electron chi connectivity index (χ1n) is 6.34. The molecule has 19 heavy (non-hydrogen) atoms. The number of rotatable bonds is 4. The lowest BCUT2D eigenvalue weighted by atomic mass is 10.2. The molecule has 1 fully saturated rings. The molecule has 2 rings (SSSR count). The van der Waals surface area contributed by atoms with E-state index in [4.69, 9.17) is 9.84 Å². The molecular formula is C14H17NO3S. The number of carbonyl (C=O) groups is 1. The van der Waals surface area contributed by atoms with E-state index in [2.05, 4.69) is 17.2 Å². The van der Waals surface area contributed by atoms with E-state index in [1.807, 2.05) is 12.1 Å². The summed E-state index contributed by atoms with van der Waals surface area (Å²) >= 11 is 1.53. The van der Waals surface area contributed by atoms with Crippen LogP contribution in [0.3, 0.4) is 0 Å². The minimum Gasteiger partial charge on any atom is -0.384 e. The van der Waals surface area contributed by atoms with Gasteiger partial charge in [-0.2, -0.15) is 0 Å². The first-order valence-corrected chi connectivity index (χ1v) is 7.16. The summed E-state index contributed by atoms with van der Waals surface area (Å²) in [6.45, 7) is 1.16. The lowest BCUT2D eigenvalue weighted by Gasteiger charge is -2.08. The molecule has 1 unspecified atom stereocenters. The van der Waals surface area contributed by atoms with Gasteiger partial charge in [0, 0.05) is 11.5 Å². The number of thiophene rings is 1. The fourth-order valence-electron chi connectivity index (χ4n) is 1.94. The van der Waals surface area contributed by atoms with Crippen LogP contribution >= 0.6 is 11.3 Å². The Balaban J connectivity index is 1.75. The Bertz CT molecular complexity index is 480. The Labute approximate surface area is 116 Å². The van der Waals surface area contributed by atoms with Crippen LogP contribution < -0.4 is 5.32 Å². The van der Waals surface area contributed by atoms with E-state index in [0.29, 0.717) is 13.0 Å². The number of aliphatic hydroxyl groups is 1. The highest BCUT2D eigenvalue weighted by atomic mass is 32.1. The van der Waals surface area contributed by atoms with E-state index in [-0.39, 0.29) is 18.6 Å². The summed E-state index contributed by atoms with van der Waals surface area (Å²) in [5.41, 5.74) is 0. The lowest BCUT2D eigenvalue weighted by molar-refractivity contribution is -0.123. The maximum Gasteiger partial charge on any atom is 0.222 e. The molecule has 1 amide bonds. The van der Waals surface area contributed by atoms with E-state index >= 15 is 0 Å². The van der Waals surface area contributed by atoms with Gasteiger partial charge in [-0.05, 0) is 25.0 Å². The highest BCUT2D eigenvalue weighted by Gasteiger charge is 2.18. The Kier molecular flexibility index (Phi) is 5.40. The minimum absolute atomic E-state index is 0.0308. The van der Waals surface area contributed by atoms with Crippen molar-refractivity contribution >= 4 is 17.2 Å². The van der Waals surface area contributed by atoms with Crippen molar-refractivity contribution < 1.29 is 14.6 Å². The fraction of sp³-hybridized carbons (Fsp3) is 0.500. The van der Waals surface area contributed by atoms with Gasteiger partial charge in [0.25, 0.3) is 0 Å². The molecule has 1 aromatic heterocycles. The summed E-state index contributed by atoms with van der Waals surface area (Å²) < 4.78 is 5.42. The van der Waals surface area contributed by atoms with E-state index in [1.54, 1.807) is 0 Å². The molecule has 1 aliphatic heterocycles. The highest BCUT2D eigenvalue weighted by molar-refractivity contribution is 7.12. The standard InChI is InChI=1S/C14H17NO3S/c16-7-1-4-12-5-6-13(19-12)10-15-14(17)9-11-3-2-8-18-11/h5-6,11,16H,2-3,7-10H2,(H,15,17). The Morgan fingerprint density at radius 1 is 1.58 bits per heavy atom. The van der Waals surface area contributed by atoms with Crippen LogP contribution in [0, 0.1) is 11.8 Å². The summed E-state index contributed by atoms with van der Waals surface area (Å²) in [6.07, 6.45) is 2.57. The van der Waals surface area contributed by atoms with Crippen molar-refractivity contribution in [2.24, 2.45) is 0 Å². The lowest BCUT2D eigenvalue weighted by Crippen LogP contribution is -2.26. The molecule has 1 saturated heterocycles. The van der Waals surface area contributed by atoms with E-state index in [1.165, 1.54) is 11.3 Å². The summed E-state index contributed by atoms with van der Waals surface area (Å²) in [4.78, 5) is 13.7. The normalized spacial score (nSPS) is 17.8. The van der Waals surface area contributed by atoms with Crippen LogP contribution in [0.25, 0.3) is 0 Å². The molecule has 102 valence electrons. The van der Waals surface area contributed by atoms with Gasteiger partial charge >= 0.3 is 0 Å². The molecule has 1 aromatic rings. The third kappa shape index (κ3) is 4.67. The molecule has 1 atom stereocenters. The second-order valence-corrected chi connectivity index (χ2v) is 5.51. The van der Waals surface area contributed by atoms with Crippen LogP contribution in [0.4, 0.5) is 0 Å². The van der Waals surface area contributed by atoms with Crippen LogP contribution in [-0.2, 0) is 16.1 Å². The van der Waals surface area contributed by atoms with Gasteiger partial charge in [0.1, 0.15) is 6.61 Å². The van der Waals surface area contributed by atoms with Gasteiger partial charge in [0.15, 0.2) is 0 Å². The predicted molar refractivity (Wildman–Crippen MR) is 73.7 cm³/mol. The number of aliphatic hydroxyl groups excluding tert-OH is 1. The molecule has 0 spiro atoms. The van der Waals surface area contributed by atoms with E-state index in [9.17, 15) is 4.79 Å². The second kappa shape index (κ2) is 7.29. The van der Waals surface area contributed by atoms with Gasteiger partial charge in [-0.25, -0.2) is 0 Å².